The molecular weight excluding hydrogens is 304 g/mol. The predicted octanol–water partition coefficient (Wildman–Crippen LogP) is 3.66. The number of hydrogen-bond acceptors (Lipinski definition) is 2. The Hall–Kier alpha value is -1.94. The van der Waals surface area contributed by atoms with Crippen molar-refractivity contribution >= 4 is 33.1 Å². The molecule has 0 amide bonds. The molecule has 0 radical (unpaired) electrons. The van der Waals surface area contributed by atoms with Crippen LogP contribution in [0.2, 0.25) is 0 Å². The van der Waals surface area contributed by atoms with Crippen LogP contribution in [-0.4, -0.2) is 15.8 Å². The normalized spacial score (nSPS) is 10.8. The highest BCUT2D eigenvalue weighted by atomic mass is 79.9. The first-order valence-electron chi connectivity index (χ1n) is 5.90. The van der Waals surface area contributed by atoms with Gasteiger partial charge in [0.2, 0.25) is 0 Å². The van der Waals surface area contributed by atoms with Crippen molar-refractivity contribution in [2.24, 2.45) is 0 Å². The van der Waals surface area contributed by atoms with Gasteiger partial charge < -0.3 is 4.57 Å². The fourth-order valence-electron chi connectivity index (χ4n) is 2.21. The van der Waals surface area contributed by atoms with Crippen molar-refractivity contribution in [3.05, 3.63) is 64.5 Å². The maximum atomic E-state index is 11.2. The third kappa shape index (κ3) is 2.31. The Labute approximate surface area is 119 Å². The lowest BCUT2D eigenvalue weighted by atomic mass is 10.2. The lowest BCUT2D eigenvalue weighted by Gasteiger charge is -2.05. The van der Waals surface area contributed by atoms with Crippen LogP contribution in [0.15, 0.2) is 53.4 Å². The van der Waals surface area contributed by atoms with Crippen LogP contribution >= 0.6 is 15.9 Å². The third-order valence-corrected chi connectivity index (χ3v) is 3.57. The summed E-state index contributed by atoms with van der Waals surface area (Å²) in [5.74, 6) is 0. The molecule has 0 saturated heterocycles. The molecule has 2 heterocycles. The van der Waals surface area contributed by atoms with Gasteiger partial charge in [0.25, 0.3) is 0 Å². The highest BCUT2D eigenvalue weighted by Crippen LogP contribution is 2.25. The van der Waals surface area contributed by atoms with Crippen LogP contribution in [0.25, 0.3) is 10.9 Å². The summed E-state index contributed by atoms with van der Waals surface area (Å²) in [5, 5.41) is 0.966. The number of carbonyl (C=O) groups excluding carboxylic acids is 1. The zero-order chi connectivity index (χ0) is 13.2. The van der Waals surface area contributed by atoms with E-state index in [9.17, 15) is 4.79 Å². The van der Waals surface area contributed by atoms with Crippen LogP contribution in [0, 0.1) is 0 Å². The fourth-order valence-corrected chi connectivity index (χ4v) is 2.57. The van der Waals surface area contributed by atoms with Crippen molar-refractivity contribution in [1.29, 1.82) is 0 Å². The van der Waals surface area contributed by atoms with Gasteiger partial charge in [-0.2, -0.15) is 0 Å². The average molecular weight is 315 g/mol. The van der Waals surface area contributed by atoms with E-state index in [2.05, 4.69) is 25.5 Å². The molecule has 94 valence electrons. The van der Waals surface area contributed by atoms with E-state index in [1.807, 2.05) is 42.7 Å². The van der Waals surface area contributed by atoms with E-state index in [4.69, 9.17) is 0 Å². The summed E-state index contributed by atoms with van der Waals surface area (Å²) in [4.78, 5) is 15.3. The molecule has 3 rings (SSSR count). The van der Waals surface area contributed by atoms with E-state index >= 15 is 0 Å². The molecule has 0 bridgehead atoms. The van der Waals surface area contributed by atoms with E-state index in [0.29, 0.717) is 12.1 Å². The van der Waals surface area contributed by atoms with Gasteiger partial charge in [0.15, 0.2) is 6.29 Å². The number of pyridine rings is 1. The summed E-state index contributed by atoms with van der Waals surface area (Å²) in [7, 11) is 0. The highest BCUT2D eigenvalue weighted by molar-refractivity contribution is 9.10. The van der Waals surface area contributed by atoms with Crippen molar-refractivity contribution < 1.29 is 4.79 Å². The average Bonchev–Trinajstić information content (AvgIpc) is 2.77. The molecule has 4 heteroatoms. The van der Waals surface area contributed by atoms with Gasteiger partial charge >= 0.3 is 0 Å². The van der Waals surface area contributed by atoms with E-state index in [1.54, 1.807) is 6.20 Å². The van der Waals surface area contributed by atoms with E-state index < -0.39 is 0 Å². The number of nitrogens with zero attached hydrogens (tertiary/aromatic N) is 2. The number of aldehydes is 1. The molecule has 0 spiro atoms. The van der Waals surface area contributed by atoms with Gasteiger partial charge in [-0.25, -0.2) is 0 Å². The standard InChI is InChI=1S/C15H11BrN2O/c16-13-3-4-15-14(6-13)12(10-19)9-18(15)8-11-2-1-5-17-7-11/h1-7,9-10H,8H2. The number of fused-ring (bicyclic) bond motifs is 1. The lowest BCUT2D eigenvalue weighted by molar-refractivity contribution is 0.112. The number of rotatable bonds is 3. The smallest absolute Gasteiger partial charge is 0.152 e. The lowest BCUT2D eigenvalue weighted by Crippen LogP contribution is -1.97. The monoisotopic (exact) mass is 314 g/mol. The molecule has 1 aromatic carbocycles. The Kier molecular flexibility index (Phi) is 3.17. The molecule has 3 nitrogen and oxygen atoms in total. The van der Waals surface area contributed by atoms with E-state index in [1.165, 1.54) is 0 Å². The van der Waals surface area contributed by atoms with Gasteiger partial charge in [-0.1, -0.05) is 22.0 Å². The van der Waals surface area contributed by atoms with E-state index in [0.717, 1.165) is 27.2 Å². The predicted molar refractivity (Wildman–Crippen MR) is 78.4 cm³/mol. The highest BCUT2D eigenvalue weighted by Gasteiger charge is 2.08. The second-order valence-corrected chi connectivity index (χ2v) is 5.27. The molecule has 19 heavy (non-hydrogen) atoms. The third-order valence-electron chi connectivity index (χ3n) is 3.08. The summed E-state index contributed by atoms with van der Waals surface area (Å²) in [6, 6.07) is 9.91. The molecule has 0 unspecified atom stereocenters. The van der Waals surface area contributed by atoms with Gasteiger partial charge in [0.1, 0.15) is 0 Å². The Morgan fingerprint density at radius 1 is 1.32 bits per heavy atom. The maximum absolute atomic E-state index is 11.2. The first-order valence-corrected chi connectivity index (χ1v) is 6.70. The zero-order valence-electron chi connectivity index (χ0n) is 10.1. The van der Waals surface area contributed by atoms with Crippen LogP contribution in [-0.2, 0) is 6.54 Å². The Morgan fingerprint density at radius 3 is 2.95 bits per heavy atom. The summed E-state index contributed by atoms with van der Waals surface area (Å²) in [5.41, 5.74) is 2.87. The first kappa shape index (κ1) is 12.1. The minimum absolute atomic E-state index is 0.708. The number of hydrogen-bond donors (Lipinski definition) is 0. The molecule has 0 N–H and O–H groups in total. The number of benzene rings is 1. The first-order chi connectivity index (χ1) is 9.28. The molecule has 0 aliphatic carbocycles. The van der Waals surface area contributed by atoms with Gasteiger partial charge in [0.05, 0.1) is 0 Å². The summed E-state index contributed by atoms with van der Waals surface area (Å²) in [6.07, 6.45) is 6.38. The summed E-state index contributed by atoms with van der Waals surface area (Å²) < 4.78 is 3.05. The maximum Gasteiger partial charge on any atom is 0.152 e. The van der Waals surface area contributed by atoms with Gasteiger partial charge in [0, 0.05) is 46.1 Å². The number of halogens is 1. The van der Waals surface area contributed by atoms with E-state index in [-0.39, 0.29) is 0 Å². The second kappa shape index (κ2) is 4.97. The summed E-state index contributed by atoms with van der Waals surface area (Å²) >= 11 is 3.44. The molecule has 0 aliphatic rings. The largest absolute Gasteiger partial charge is 0.342 e. The van der Waals surface area contributed by atoms with Crippen molar-refractivity contribution in [2.45, 2.75) is 6.54 Å². The Morgan fingerprint density at radius 2 is 2.21 bits per heavy atom. The van der Waals surface area contributed by atoms with Gasteiger partial charge in [-0.05, 0) is 29.8 Å². The topological polar surface area (TPSA) is 34.9 Å². The van der Waals surface area contributed by atoms with Gasteiger partial charge in [-0.15, -0.1) is 0 Å². The van der Waals surface area contributed by atoms with Crippen molar-refractivity contribution in [1.82, 2.24) is 9.55 Å². The molecular formula is C15H11BrN2O. The number of carbonyl (C=O) groups is 1. The van der Waals surface area contributed by atoms with Crippen LogP contribution < -0.4 is 0 Å². The van der Waals surface area contributed by atoms with Crippen molar-refractivity contribution in [3.8, 4) is 0 Å². The Balaban J connectivity index is 2.11. The SMILES string of the molecule is O=Cc1cn(Cc2cccnc2)c2ccc(Br)cc12. The van der Waals surface area contributed by atoms with Crippen molar-refractivity contribution in [3.63, 3.8) is 0 Å². The molecule has 0 atom stereocenters. The van der Waals surface area contributed by atoms with Crippen LogP contribution in [0.4, 0.5) is 0 Å². The summed E-state index contributed by atoms with van der Waals surface area (Å²) in [6.45, 7) is 0.708. The molecule has 0 fully saturated rings. The number of aromatic nitrogens is 2. The molecule has 2 aromatic heterocycles. The zero-order valence-corrected chi connectivity index (χ0v) is 11.7. The quantitative estimate of drug-likeness (QED) is 0.691. The molecule has 3 aromatic rings. The minimum atomic E-state index is 0.708. The van der Waals surface area contributed by atoms with Crippen LogP contribution in [0.5, 0.6) is 0 Å². The molecule has 0 saturated carbocycles. The second-order valence-electron chi connectivity index (χ2n) is 4.35. The minimum Gasteiger partial charge on any atom is -0.342 e. The molecule has 0 aliphatic heterocycles. The van der Waals surface area contributed by atoms with Gasteiger partial charge in [-0.3, -0.25) is 9.78 Å². The van der Waals surface area contributed by atoms with Crippen LogP contribution in [0.3, 0.4) is 0 Å². The van der Waals surface area contributed by atoms with Crippen molar-refractivity contribution in [2.75, 3.05) is 0 Å². The van der Waals surface area contributed by atoms with Crippen LogP contribution in [0.1, 0.15) is 15.9 Å². The Bertz CT molecular complexity index is 734. The fraction of sp³-hybridized carbons (Fsp3) is 0.0667.